The Bertz CT molecular complexity index is 246. The fourth-order valence-corrected chi connectivity index (χ4v) is 2.62. The van der Waals surface area contributed by atoms with Crippen LogP contribution in [-0.4, -0.2) is 47.7 Å². The summed E-state index contributed by atoms with van der Waals surface area (Å²) in [5.41, 5.74) is 0. The van der Waals surface area contributed by atoms with E-state index in [4.69, 9.17) is 0 Å². The number of hydrogen-bond acceptors (Lipinski definition) is 3. The maximum Gasteiger partial charge on any atom is 0.219 e. The van der Waals surface area contributed by atoms with Gasteiger partial charge in [-0.15, -0.1) is 0 Å². The summed E-state index contributed by atoms with van der Waals surface area (Å²) < 4.78 is 0. The fourth-order valence-electron chi connectivity index (χ4n) is 2.62. The van der Waals surface area contributed by atoms with E-state index in [0.29, 0.717) is 12.0 Å². The Morgan fingerprint density at radius 2 is 2.18 bits per heavy atom. The first kappa shape index (κ1) is 14.5. The number of likely N-dealkylation sites (tertiary alicyclic amines) is 1. The van der Waals surface area contributed by atoms with Gasteiger partial charge in [0.15, 0.2) is 0 Å². The average molecular weight is 242 g/mol. The molecule has 1 heterocycles. The molecule has 1 saturated heterocycles. The van der Waals surface area contributed by atoms with Crippen molar-refractivity contribution in [2.24, 2.45) is 5.92 Å². The van der Waals surface area contributed by atoms with Crippen LogP contribution in [0.15, 0.2) is 0 Å². The molecule has 0 spiro atoms. The van der Waals surface area contributed by atoms with Crippen molar-refractivity contribution in [2.75, 3.05) is 19.6 Å². The molecular formula is C13H26N2O2. The van der Waals surface area contributed by atoms with E-state index in [1.54, 1.807) is 6.92 Å². The number of likely N-dealkylation sites (N-methyl/N-ethyl adjacent to an activating group) is 1. The molecule has 1 aliphatic heterocycles. The van der Waals surface area contributed by atoms with Crippen LogP contribution >= 0.6 is 0 Å². The number of rotatable bonds is 5. The van der Waals surface area contributed by atoms with Crippen molar-refractivity contribution in [1.29, 1.82) is 0 Å². The largest absolute Gasteiger partial charge is 0.393 e. The minimum Gasteiger partial charge on any atom is -0.393 e. The number of amides is 1. The molecule has 1 aliphatic rings. The summed E-state index contributed by atoms with van der Waals surface area (Å²) in [4.78, 5) is 13.4. The second-order valence-corrected chi connectivity index (χ2v) is 5.08. The zero-order valence-electron chi connectivity index (χ0n) is 11.3. The first-order valence-electron chi connectivity index (χ1n) is 6.73. The van der Waals surface area contributed by atoms with E-state index in [1.807, 2.05) is 11.8 Å². The number of piperidine rings is 1. The van der Waals surface area contributed by atoms with Gasteiger partial charge in [-0.05, 0) is 31.7 Å². The SMILES string of the molecule is CCNC1CC(CC(O)CC)CN(C(C)=O)C1. The molecule has 1 rings (SSSR count). The summed E-state index contributed by atoms with van der Waals surface area (Å²) in [6.45, 7) is 8.25. The number of nitrogens with zero attached hydrogens (tertiary/aromatic N) is 1. The quantitative estimate of drug-likeness (QED) is 0.756. The Labute approximate surface area is 104 Å². The molecule has 100 valence electrons. The van der Waals surface area contributed by atoms with Gasteiger partial charge in [-0.25, -0.2) is 0 Å². The summed E-state index contributed by atoms with van der Waals surface area (Å²) in [7, 11) is 0. The van der Waals surface area contributed by atoms with Crippen molar-refractivity contribution in [3.8, 4) is 0 Å². The molecule has 0 aromatic rings. The number of aliphatic hydroxyl groups is 1. The lowest BCUT2D eigenvalue weighted by atomic mass is 9.89. The number of carbonyl (C=O) groups is 1. The Morgan fingerprint density at radius 3 is 2.71 bits per heavy atom. The molecule has 4 heteroatoms. The summed E-state index contributed by atoms with van der Waals surface area (Å²) >= 11 is 0. The van der Waals surface area contributed by atoms with E-state index in [-0.39, 0.29) is 12.0 Å². The third kappa shape index (κ3) is 4.64. The predicted octanol–water partition coefficient (Wildman–Crippen LogP) is 0.994. The minimum atomic E-state index is -0.228. The van der Waals surface area contributed by atoms with Gasteiger partial charge in [0.05, 0.1) is 6.10 Å². The zero-order chi connectivity index (χ0) is 12.8. The molecular weight excluding hydrogens is 216 g/mol. The Hall–Kier alpha value is -0.610. The highest BCUT2D eigenvalue weighted by Gasteiger charge is 2.28. The first-order valence-corrected chi connectivity index (χ1v) is 6.73. The van der Waals surface area contributed by atoms with Crippen molar-refractivity contribution in [1.82, 2.24) is 10.2 Å². The van der Waals surface area contributed by atoms with Crippen LogP contribution in [0, 0.1) is 5.92 Å². The highest BCUT2D eigenvalue weighted by Crippen LogP contribution is 2.22. The Balaban J connectivity index is 2.55. The minimum absolute atomic E-state index is 0.142. The number of aliphatic hydroxyl groups excluding tert-OH is 1. The van der Waals surface area contributed by atoms with E-state index < -0.39 is 0 Å². The third-order valence-corrected chi connectivity index (χ3v) is 3.55. The average Bonchev–Trinajstić information content (AvgIpc) is 2.29. The summed E-state index contributed by atoms with van der Waals surface area (Å²) in [5, 5.41) is 13.1. The summed E-state index contributed by atoms with van der Waals surface area (Å²) in [5.74, 6) is 0.565. The van der Waals surface area contributed by atoms with E-state index in [0.717, 1.165) is 38.9 Å². The highest BCUT2D eigenvalue weighted by atomic mass is 16.3. The molecule has 1 fully saturated rings. The molecule has 0 bridgehead atoms. The normalized spacial score (nSPS) is 26.9. The van der Waals surface area contributed by atoms with Crippen LogP contribution in [0.1, 0.15) is 40.0 Å². The fraction of sp³-hybridized carbons (Fsp3) is 0.923. The van der Waals surface area contributed by atoms with Crippen LogP contribution in [-0.2, 0) is 4.79 Å². The molecule has 3 atom stereocenters. The van der Waals surface area contributed by atoms with Gasteiger partial charge >= 0.3 is 0 Å². The van der Waals surface area contributed by atoms with Crippen molar-refractivity contribution in [3.05, 3.63) is 0 Å². The Kier molecular flexibility index (Phi) is 5.92. The van der Waals surface area contributed by atoms with Crippen molar-refractivity contribution in [3.63, 3.8) is 0 Å². The molecule has 3 unspecified atom stereocenters. The lowest BCUT2D eigenvalue weighted by Gasteiger charge is -2.38. The molecule has 0 aliphatic carbocycles. The molecule has 1 amide bonds. The van der Waals surface area contributed by atoms with Gasteiger partial charge in [0.2, 0.25) is 5.91 Å². The summed E-state index contributed by atoms with van der Waals surface area (Å²) in [6, 6.07) is 0.381. The van der Waals surface area contributed by atoms with Gasteiger partial charge in [-0.3, -0.25) is 4.79 Å². The maximum atomic E-state index is 11.5. The van der Waals surface area contributed by atoms with E-state index in [9.17, 15) is 9.90 Å². The van der Waals surface area contributed by atoms with Crippen LogP contribution in [0.3, 0.4) is 0 Å². The number of hydrogen-bond donors (Lipinski definition) is 2. The standard InChI is InChI=1S/C13H26N2O2/c1-4-13(17)7-11-6-12(14-5-2)9-15(8-11)10(3)16/h11-14,17H,4-9H2,1-3H3. The Morgan fingerprint density at radius 1 is 1.47 bits per heavy atom. The second kappa shape index (κ2) is 6.97. The van der Waals surface area contributed by atoms with Gasteiger partial charge in [0, 0.05) is 26.1 Å². The molecule has 0 radical (unpaired) electrons. The molecule has 17 heavy (non-hydrogen) atoms. The molecule has 0 aromatic heterocycles. The van der Waals surface area contributed by atoms with Crippen LogP contribution in [0.4, 0.5) is 0 Å². The third-order valence-electron chi connectivity index (χ3n) is 3.55. The van der Waals surface area contributed by atoms with Crippen molar-refractivity contribution >= 4 is 5.91 Å². The molecule has 0 aromatic carbocycles. The van der Waals surface area contributed by atoms with Gasteiger partial charge in [0.25, 0.3) is 0 Å². The van der Waals surface area contributed by atoms with Gasteiger partial charge in [-0.2, -0.15) is 0 Å². The highest BCUT2D eigenvalue weighted by molar-refractivity contribution is 5.73. The number of carbonyl (C=O) groups excluding carboxylic acids is 1. The van der Waals surface area contributed by atoms with Gasteiger partial charge in [0.1, 0.15) is 0 Å². The van der Waals surface area contributed by atoms with Crippen molar-refractivity contribution < 1.29 is 9.90 Å². The smallest absolute Gasteiger partial charge is 0.219 e. The lowest BCUT2D eigenvalue weighted by molar-refractivity contribution is -0.131. The van der Waals surface area contributed by atoms with Crippen molar-refractivity contribution in [2.45, 2.75) is 52.2 Å². The predicted molar refractivity (Wildman–Crippen MR) is 68.7 cm³/mol. The van der Waals surface area contributed by atoms with Gasteiger partial charge < -0.3 is 15.3 Å². The second-order valence-electron chi connectivity index (χ2n) is 5.08. The van der Waals surface area contributed by atoms with E-state index >= 15 is 0 Å². The van der Waals surface area contributed by atoms with Crippen LogP contribution < -0.4 is 5.32 Å². The number of nitrogens with one attached hydrogen (secondary N) is 1. The molecule has 2 N–H and O–H groups in total. The molecule has 0 saturated carbocycles. The van der Waals surface area contributed by atoms with Crippen LogP contribution in [0.2, 0.25) is 0 Å². The van der Waals surface area contributed by atoms with E-state index in [2.05, 4.69) is 12.2 Å². The monoisotopic (exact) mass is 242 g/mol. The summed E-state index contributed by atoms with van der Waals surface area (Å²) in [6.07, 6.45) is 2.44. The van der Waals surface area contributed by atoms with Gasteiger partial charge in [-0.1, -0.05) is 13.8 Å². The lowest BCUT2D eigenvalue weighted by Crippen LogP contribution is -2.51. The maximum absolute atomic E-state index is 11.5. The molecule has 4 nitrogen and oxygen atoms in total. The van der Waals surface area contributed by atoms with Crippen LogP contribution in [0.5, 0.6) is 0 Å². The van der Waals surface area contributed by atoms with E-state index in [1.165, 1.54) is 0 Å². The topological polar surface area (TPSA) is 52.6 Å². The first-order chi connectivity index (χ1) is 8.06. The van der Waals surface area contributed by atoms with Crippen LogP contribution in [0.25, 0.3) is 0 Å². The zero-order valence-corrected chi connectivity index (χ0v) is 11.3.